The molecule has 0 aliphatic carbocycles. The molecule has 80 valence electrons. The first-order valence-corrected chi connectivity index (χ1v) is 4.84. The standard InChI is InChI=1S/C12H10N2O2/c15-10-5-2-1-4-9(10)11(16)8-12-13-6-3-7-14-12/h1-7,15H,8H2. The fourth-order valence-corrected chi connectivity index (χ4v) is 1.37. The summed E-state index contributed by atoms with van der Waals surface area (Å²) < 4.78 is 0. The Labute approximate surface area is 92.6 Å². The van der Waals surface area contributed by atoms with Gasteiger partial charge in [-0.15, -0.1) is 0 Å². The predicted octanol–water partition coefficient (Wildman–Crippen LogP) is 1.61. The van der Waals surface area contributed by atoms with Gasteiger partial charge in [0.15, 0.2) is 5.78 Å². The molecule has 4 heteroatoms. The molecule has 16 heavy (non-hydrogen) atoms. The van der Waals surface area contributed by atoms with Gasteiger partial charge in [-0.2, -0.15) is 0 Å². The van der Waals surface area contributed by atoms with Crippen molar-refractivity contribution in [2.45, 2.75) is 6.42 Å². The first kappa shape index (κ1) is 10.3. The molecule has 0 aliphatic heterocycles. The van der Waals surface area contributed by atoms with Gasteiger partial charge >= 0.3 is 0 Å². The van der Waals surface area contributed by atoms with Crippen LogP contribution in [0.1, 0.15) is 16.2 Å². The lowest BCUT2D eigenvalue weighted by molar-refractivity contribution is 0.0988. The van der Waals surface area contributed by atoms with Crippen LogP contribution in [-0.4, -0.2) is 20.9 Å². The molecular weight excluding hydrogens is 204 g/mol. The Kier molecular flexibility index (Phi) is 2.91. The van der Waals surface area contributed by atoms with Crippen LogP contribution in [0.5, 0.6) is 5.75 Å². The number of benzene rings is 1. The van der Waals surface area contributed by atoms with Gasteiger partial charge in [0.25, 0.3) is 0 Å². The lowest BCUT2D eigenvalue weighted by Crippen LogP contribution is -2.06. The molecule has 2 rings (SSSR count). The number of carbonyl (C=O) groups excluding carboxylic acids is 1. The summed E-state index contributed by atoms with van der Waals surface area (Å²) in [6, 6.07) is 8.14. The molecule has 1 heterocycles. The molecule has 2 aromatic rings. The first-order valence-electron chi connectivity index (χ1n) is 4.84. The van der Waals surface area contributed by atoms with Crippen molar-refractivity contribution in [2.24, 2.45) is 0 Å². The summed E-state index contributed by atoms with van der Waals surface area (Å²) in [6.07, 6.45) is 3.26. The van der Waals surface area contributed by atoms with E-state index in [0.717, 1.165) is 0 Å². The third-order valence-corrected chi connectivity index (χ3v) is 2.14. The van der Waals surface area contributed by atoms with Crippen LogP contribution in [0.15, 0.2) is 42.7 Å². The highest BCUT2D eigenvalue weighted by Crippen LogP contribution is 2.17. The topological polar surface area (TPSA) is 63.1 Å². The number of carbonyl (C=O) groups is 1. The number of phenolic OH excluding ortho intramolecular Hbond substituents is 1. The Morgan fingerprint density at radius 2 is 1.81 bits per heavy atom. The number of hydrogen-bond acceptors (Lipinski definition) is 4. The number of aromatic nitrogens is 2. The summed E-state index contributed by atoms with van der Waals surface area (Å²) in [5.74, 6) is 0.253. The monoisotopic (exact) mass is 214 g/mol. The number of para-hydroxylation sites is 1. The van der Waals surface area contributed by atoms with E-state index < -0.39 is 0 Å². The molecule has 0 fully saturated rings. The number of aromatic hydroxyl groups is 1. The summed E-state index contributed by atoms with van der Waals surface area (Å²) in [5, 5.41) is 9.50. The summed E-state index contributed by atoms with van der Waals surface area (Å²) in [7, 11) is 0. The van der Waals surface area contributed by atoms with Gasteiger partial charge in [0.05, 0.1) is 12.0 Å². The molecule has 1 N–H and O–H groups in total. The number of nitrogens with zero attached hydrogens (tertiary/aromatic N) is 2. The van der Waals surface area contributed by atoms with Crippen LogP contribution in [0.25, 0.3) is 0 Å². The van der Waals surface area contributed by atoms with Crippen LogP contribution in [0.4, 0.5) is 0 Å². The van der Waals surface area contributed by atoms with Crippen LogP contribution in [0, 0.1) is 0 Å². The lowest BCUT2D eigenvalue weighted by atomic mass is 10.1. The third-order valence-electron chi connectivity index (χ3n) is 2.14. The summed E-state index contributed by atoms with van der Waals surface area (Å²) in [5.41, 5.74) is 0.301. The van der Waals surface area contributed by atoms with Crippen LogP contribution >= 0.6 is 0 Å². The van der Waals surface area contributed by atoms with Gasteiger partial charge in [-0.25, -0.2) is 9.97 Å². The van der Waals surface area contributed by atoms with E-state index in [9.17, 15) is 9.90 Å². The van der Waals surface area contributed by atoms with Gasteiger partial charge in [0.1, 0.15) is 11.6 Å². The second-order valence-corrected chi connectivity index (χ2v) is 3.28. The minimum absolute atomic E-state index is 0.0107. The second-order valence-electron chi connectivity index (χ2n) is 3.28. The summed E-state index contributed by atoms with van der Waals surface area (Å²) >= 11 is 0. The van der Waals surface area contributed by atoms with E-state index in [1.54, 1.807) is 36.7 Å². The van der Waals surface area contributed by atoms with Crippen molar-refractivity contribution in [2.75, 3.05) is 0 Å². The summed E-state index contributed by atoms with van der Waals surface area (Å²) in [4.78, 5) is 19.7. The van der Waals surface area contributed by atoms with Gasteiger partial charge in [0.2, 0.25) is 0 Å². The maximum Gasteiger partial charge on any atom is 0.174 e. The highest BCUT2D eigenvalue weighted by atomic mass is 16.3. The zero-order valence-electron chi connectivity index (χ0n) is 8.50. The fraction of sp³-hybridized carbons (Fsp3) is 0.0833. The van der Waals surface area contributed by atoms with Gasteiger partial charge in [-0.05, 0) is 18.2 Å². The number of Topliss-reactive ketones (excluding diaryl/α,β-unsaturated/α-hetero) is 1. The third kappa shape index (κ3) is 2.23. The first-order chi connectivity index (χ1) is 7.77. The van der Waals surface area contributed by atoms with Crippen LogP contribution in [0.3, 0.4) is 0 Å². The van der Waals surface area contributed by atoms with Crippen molar-refractivity contribution >= 4 is 5.78 Å². The van der Waals surface area contributed by atoms with E-state index in [4.69, 9.17) is 0 Å². The Morgan fingerprint density at radius 1 is 1.12 bits per heavy atom. The van der Waals surface area contributed by atoms with Gasteiger partial charge in [-0.1, -0.05) is 12.1 Å². The average molecular weight is 214 g/mol. The van der Waals surface area contributed by atoms with Crippen molar-refractivity contribution < 1.29 is 9.90 Å². The van der Waals surface area contributed by atoms with E-state index in [-0.39, 0.29) is 18.0 Å². The molecule has 4 nitrogen and oxygen atoms in total. The summed E-state index contributed by atoms with van der Waals surface area (Å²) in [6.45, 7) is 0. The molecule has 1 aromatic carbocycles. The molecule has 0 radical (unpaired) electrons. The quantitative estimate of drug-likeness (QED) is 0.788. The molecule has 0 unspecified atom stereocenters. The normalized spacial score (nSPS) is 10.0. The second kappa shape index (κ2) is 4.53. The number of rotatable bonds is 3. The minimum atomic E-state index is -0.190. The maximum absolute atomic E-state index is 11.8. The number of ketones is 1. The lowest BCUT2D eigenvalue weighted by Gasteiger charge is -2.02. The zero-order chi connectivity index (χ0) is 11.4. The van der Waals surface area contributed by atoms with E-state index in [1.165, 1.54) is 6.07 Å². The van der Waals surface area contributed by atoms with Crippen molar-refractivity contribution in [1.29, 1.82) is 0 Å². The smallest absolute Gasteiger partial charge is 0.174 e. The molecular formula is C12H10N2O2. The van der Waals surface area contributed by atoms with Crippen LogP contribution < -0.4 is 0 Å². The molecule has 0 atom stereocenters. The predicted molar refractivity (Wildman–Crippen MR) is 58.2 cm³/mol. The molecule has 0 bridgehead atoms. The number of hydrogen-bond donors (Lipinski definition) is 1. The average Bonchev–Trinajstić information content (AvgIpc) is 2.31. The Bertz CT molecular complexity index is 497. The highest BCUT2D eigenvalue weighted by Gasteiger charge is 2.11. The largest absolute Gasteiger partial charge is 0.507 e. The maximum atomic E-state index is 11.8. The van der Waals surface area contributed by atoms with E-state index in [2.05, 4.69) is 9.97 Å². The minimum Gasteiger partial charge on any atom is -0.507 e. The van der Waals surface area contributed by atoms with Crippen molar-refractivity contribution in [3.05, 3.63) is 54.1 Å². The Hall–Kier alpha value is -2.23. The van der Waals surface area contributed by atoms with Gasteiger partial charge in [0, 0.05) is 12.4 Å². The van der Waals surface area contributed by atoms with Gasteiger partial charge < -0.3 is 5.11 Å². The highest BCUT2D eigenvalue weighted by molar-refractivity contribution is 5.99. The molecule has 0 spiro atoms. The zero-order valence-corrected chi connectivity index (χ0v) is 8.50. The van der Waals surface area contributed by atoms with Crippen molar-refractivity contribution in [3.8, 4) is 5.75 Å². The molecule has 0 amide bonds. The molecule has 0 saturated heterocycles. The van der Waals surface area contributed by atoms with E-state index >= 15 is 0 Å². The number of phenols is 1. The SMILES string of the molecule is O=C(Cc1ncccn1)c1ccccc1O. The molecule has 0 saturated carbocycles. The Balaban J connectivity index is 2.19. The van der Waals surface area contributed by atoms with E-state index in [0.29, 0.717) is 11.4 Å². The van der Waals surface area contributed by atoms with Crippen LogP contribution in [-0.2, 0) is 6.42 Å². The fourth-order valence-electron chi connectivity index (χ4n) is 1.37. The Morgan fingerprint density at radius 3 is 2.50 bits per heavy atom. The van der Waals surface area contributed by atoms with E-state index in [1.807, 2.05) is 0 Å². The van der Waals surface area contributed by atoms with Gasteiger partial charge in [-0.3, -0.25) is 4.79 Å². The van der Waals surface area contributed by atoms with Crippen molar-refractivity contribution in [3.63, 3.8) is 0 Å². The molecule has 0 aliphatic rings. The van der Waals surface area contributed by atoms with Crippen molar-refractivity contribution in [1.82, 2.24) is 9.97 Å². The molecule has 1 aromatic heterocycles. The van der Waals surface area contributed by atoms with Crippen LogP contribution in [0.2, 0.25) is 0 Å².